The lowest BCUT2D eigenvalue weighted by molar-refractivity contribution is -0.110. The van der Waals surface area contributed by atoms with Crippen molar-refractivity contribution in [2.75, 3.05) is 31.5 Å². The quantitative estimate of drug-likeness (QED) is 0.666. The molecule has 0 unspecified atom stereocenters. The van der Waals surface area contributed by atoms with Gasteiger partial charge >= 0.3 is 0 Å². The molecule has 0 spiro atoms. The molecule has 2 amide bonds. The number of rotatable bonds is 3. The summed E-state index contributed by atoms with van der Waals surface area (Å²) in [4.78, 5) is 34.8. The van der Waals surface area contributed by atoms with Crippen LogP contribution in [0.25, 0.3) is 11.1 Å². The summed E-state index contributed by atoms with van der Waals surface area (Å²) < 4.78 is 14.0. The van der Waals surface area contributed by atoms with E-state index in [1.807, 2.05) is 6.92 Å². The van der Waals surface area contributed by atoms with Gasteiger partial charge in [-0.2, -0.15) is 0 Å². The lowest BCUT2D eigenvalue weighted by Gasteiger charge is -2.29. The number of likely N-dealkylation sites (tertiary alicyclic amines) is 2. The average Bonchev–Trinajstić information content (AvgIpc) is 3.59. The lowest BCUT2D eigenvalue weighted by atomic mass is 9.86. The maximum atomic E-state index is 14.0. The van der Waals surface area contributed by atoms with Crippen molar-refractivity contribution in [1.29, 1.82) is 0 Å². The van der Waals surface area contributed by atoms with Crippen LogP contribution in [0.4, 0.5) is 10.1 Å². The number of hydrogen-bond donors (Lipinski definition) is 2. The molecule has 3 aliphatic heterocycles. The van der Waals surface area contributed by atoms with Gasteiger partial charge in [0.1, 0.15) is 5.82 Å². The minimum Gasteiger partial charge on any atom is -0.358 e. The third-order valence-electron chi connectivity index (χ3n) is 7.99. The molecular weight excluding hydrogens is 431 g/mol. The van der Waals surface area contributed by atoms with Crippen LogP contribution in [0, 0.1) is 12.7 Å². The Bertz CT molecular complexity index is 1210. The van der Waals surface area contributed by atoms with E-state index in [0.29, 0.717) is 16.8 Å². The highest BCUT2D eigenvalue weighted by Crippen LogP contribution is 2.43. The maximum Gasteiger partial charge on any atom is 0.256 e. The number of hydrogen-bond acceptors (Lipinski definition) is 3. The van der Waals surface area contributed by atoms with Crippen molar-refractivity contribution < 1.29 is 14.0 Å². The van der Waals surface area contributed by atoms with Gasteiger partial charge in [-0.25, -0.2) is 4.39 Å². The summed E-state index contributed by atoms with van der Waals surface area (Å²) in [5, 5.41) is 2.87. The number of carbonyl (C=O) groups excluding carboxylic acids is 2. The zero-order chi connectivity index (χ0) is 23.4. The predicted molar refractivity (Wildman–Crippen MR) is 130 cm³/mol. The number of nitrogens with one attached hydrogen (secondary N) is 2. The number of aromatic nitrogens is 1. The number of halogens is 1. The Labute approximate surface area is 199 Å². The topological polar surface area (TPSA) is 68.4 Å². The van der Waals surface area contributed by atoms with E-state index < -0.39 is 0 Å². The molecule has 0 bridgehead atoms. The third-order valence-corrected chi connectivity index (χ3v) is 7.99. The molecule has 178 valence electrons. The Morgan fingerprint density at radius 2 is 1.94 bits per heavy atom. The summed E-state index contributed by atoms with van der Waals surface area (Å²) in [7, 11) is 0. The van der Waals surface area contributed by atoms with Crippen LogP contribution in [0.15, 0.2) is 18.2 Å². The molecule has 1 aromatic carbocycles. The number of fused-ring (bicyclic) bond motifs is 2. The summed E-state index contributed by atoms with van der Waals surface area (Å²) in [5.41, 5.74) is 6.20. The van der Waals surface area contributed by atoms with E-state index in [4.69, 9.17) is 0 Å². The van der Waals surface area contributed by atoms with Crippen molar-refractivity contribution in [3.63, 3.8) is 0 Å². The molecule has 0 saturated carbocycles. The first-order valence-corrected chi connectivity index (χ1v) is 12.6. The smallest absolute Gasteiger partial charge is 0.256 e. The summed E-state index contributed by atoms with van der Waals surface area (Å²) in [6.07, 6.45) is 7.00. The first kappa shape index (κ1) is 21.6. The molecule has 1 aromatic heterocycles. The number of carbonyl (C=O) groups is 2. The second-order valence-electron chi connectivity index (χ2n) is 10.1. The number of allylic oxidation sites excluding steroid dienone is 1. The van der Waals surface area contributed by atoms with Crippen LogP contribution in [0.5, 0.6) is 0 Å². The Balaban J connectivity index is 1.37. The van der Waals surface area contributed by atoms with Crippen LogP contribution in [0.1, 0.15) is 71.4 Å². The molecule has 4 heterocycles. The highest BCUT2D eigenvalue weighted by Gasteiger charge is 2.37. The molecule has 2 saturated heterocycles. The highest BCUT2D eigenvalue weighted by atomic mass is 19.1. The Kier molecular flexibility index (Phi) is 5.32. The van der Waals surface area contributed by atoms with Crippen LogP contribution in [0.3, 0.4) is 0 Å². The van der Waals surface area contributed by atoms with Gasteiger partial charge in [0.05, 0.1) is 11.1 Å². The molecular formula is C27H31FN4O2. The fraction of sp³-hybridized carbons (Fsp3) is 0.481. The van der Waals surface area contributed by atoms with Gasteiger partial charge < -0.3 is 20.1 Å². The number of aryl methyl sites for hydroxylation is 1. The van der Waals surface area contributed by atoms with Gasteiger partial charge in [-0.05, 0) is 94.3 Å². The van der Waals surface area contributed by atoms with Crippen LogP contribution in [-0.4, -0.2) is 58.8 Å². The monoisotopic (exact) mass is 462 g/mol. The van der Waals surface area contributed by atoms with E-state index in [1.165, 1.54) is 25.0 Å². The number of nitrogens with zero attached hydrogens (tertiary/aromatic N) is 2. The molecule has 0 radical (unpaired) electrons. The fourth-order valence-electron chi connectivity index (χ4n) is 6.43. The second-order valence-corrected chi connectivity index (χ2v) is 10.1. The molecule has 6 nitrogen and oxygen atoms in total. The van der Waals surface area contributed by atoms with E-state index >= 15 is 0 Å². The van der Waals surface area contributed by atoms with Gasteiger partial charge in [0.25, 0.3) is 11.8 Å². The van der Waals surface area contributed by atoms with E-state index in [2.05, 4.69) is 20.1 Å². The van der Waals surface area contributed by atoms with Crippen molar-refractivity contribution >= 4 is 28.6 Å². The minimum absolute atomic E-state index is 0.116. The number of benzene rings is 1. The van der Waals surface area contributed by atoms with Crippen molar-refractivity contribution in [1.82, 2.24) is 14.8 Å². The highest BCUT2D eigenvalue weighted by molar-refractivity contribution is 6.37. The van der Waals surface area contributed by atoms with Crippen molar-refractivity contribution in [2.45, 2.75) is 57.9 Å². The summed E-state index contributed by atoms with van der Waals surface area (Å²) in [6.45, 7) is 6.01. The maximum absolute atomic E-state index is 14.0. The van der Waals surface area contributed by atoms with Crippen LogP contribution < -0.4 is 5.32 Å². The third kappa shape index (κ3) is 3.49. The van der Waals surface area contributed by atoms with Crippen LogP contribution >= 0.6 is 0 Å². The van der Waals surface area contributed by atoms with Crippen molar-refractivity contribution in [2.24, 2.45) is 0 Å². The Morgan fingerprint density at radius 3 is 2.76 bits per heavy atom. The second kappa shape index (κ2) is 8.38. The van der Waals surface area contributed by atoms with Crippen LogP contribution in [-0.2, 0) is 11.2 Å². The van der Waals surface area contributed by atoms with Gasteiger partial charge in [-0.15, -0.1) is 0 Å². The molecule has 6 rings (SSSR count). The first-order chi connectivity index (χ1) is 16.5. The molecule has 2 fully saturated rings. The SMILES string of the molecule is Cc1[nH]c2c(c1C(=O)N1CCC[C@H]1CN1CCCC1)CCCC2=C1C(=O)Nc2ccc(F)cc21. The predicted octanol–water partition coefficient (Wildman–Crippen LogP) is 4.36. The minimum atomic E-state index is -0.360. The zero-order valence-electron chi connectivity index (χ0n) is 19.7. The van der Waals surface area contributed by atoms with Crippen molar-refractivity contribution in [3.05, 3.63) is 52.1 Å². The number of amides is 2. The van der Waals surface area contributed by atoms with Gasteiger partial charge in [0, 0.05) is 41.8 Å². The Hall–Kier alpha value is -2.93. The number of anilines is 1. The molecule has 7 heteroatoms. The van der Waals surface area contributed by atoms with E-state index in [-0.39, 0.29) is 23.7 Å². The number of aromatic amines is 1. The fourth-order valence-corrected chi connectivity index (χ4v) is 6.43. The zero-order valence-corrected chi connectivity index (χ0v) is 19.7. The van der Waals surface area contributed by atoms with Gasteiger partial charge in [-0.3, -0.25) is 9.59 Å². The van der Waals surface area contributed by atoms with Crippen molar-refractivity contribution in [3.8, 4) is 0 Å². The van der Waals surface area contributed by atoms with E-state index in [1.54, 1.807) is 6.07 Å². The summed E-state index contributed by atoms with van der Waals surface area (Å²) in [5.74, 6) is -0.444. The van der Waals surface area contributed by atoms with E-state index in [0.717, 1.165) is 86.4 Å². The normalized spacial score (nSPS) is 24.5. The molecule has 2 N–H and O–H groups in total. The molecule has 2 aromatic rings. The Morgan fingerprint density at radius 1 is 1.12 bits per heavy atom. The summed E-state index contributed by atoms with van der Waals surface area (Å²) in [6, 6.07) is 4.68. The van der Waals surface area contributed by atoms with Gasteiger partial charge in [-0.1, -0.05) is 0 Å². The molecule has 1 atom stereocenters. The number of H-pyrrole nitrogens is 1. The molecule has 4 aliphatic rings. The van der Waals surface area contributed by atoms with Crippen LogP contribution in [0.2, 0.25) is 0 Å². The first-order valence-electron chi connectivity index (χ1n) is 12.6. The lowest BCUT2D eigenvalue weighted by Crippen LogP contribution is -2.43. The van der Waals surface area contributed by atoms with Gasteiger partial charge in [0.2, 0.25) is 0 Å². The van der Waals surface area contributed by atoms with E-state index in [9.17, 15) is 14.0 Å². The molecule has 34 heavy (non-hydrogen) atoms. The van der Waals surface area contributed by atoms with Gasteiger partial charge in [0.15, 0.2) is 0 Å². The summed E-state index contributed by atoms with van der Waals surface area (Å²) >= 11 is 0. The largest absolute Gasteiger partial charge is 0.358 e. The average molecular weight is 463 g/mol. The standard InChI is InChI=1S/C27H31FN4O2/c1-16-23(27(34)32-13-5-6-18(32)15-31-11-2-3-12-31)19-7-4-8-20(25(19)29-16)24-21-14-17(28)9-10-22(21)30-26(24)33/h9-10,14,18,29H,2-8,11-13,15H2,1H3,(H,30,33)/t18-/m0/s1. The molecule has 1 aliphatic carbocycles.